The summed E-state index contributed by atoms with van der Waals surface area (Å²) in [4.78, 5) is 4.64. The van der Waals surface area contributed by atoms with Gasteiger partial charge in [0.1, 0.15) is 0 Å². The Bertz CT molecular complexity index is 419. The van der Waals surface area contributed by atoms with Crippen molar-refractivity contribution in [2.24, 2.45) is 0 Å². The minimum atomic E-state index is 0.977. The van der Waals surface area contributed by atoms with Crippen molar-refractivity contribution in [3.05, 3.63) is 29.7 Å². The number of fused-ring (bicyclic) bond motifs is 2. The third-order valence-corrected chi connectivity index (χ3v) is 2.91. The predicted octanol–water partition coefficient (Wildman–Crippen LogP) is 2.00. The van der Waals surface area contributed by atoms with E-state index in [4.69, 9.17) is 0 Å². The molecule has 1 aliphatic carbocycles. The Morgan fingerprint density at radius 1 is 1.14 bits per heavy atom. The van der Waals surface area contributed by atoms with Crippen molar-refractivity contribution in [1.29, 1.82) is 0 Å². The van der Waals surface area contributed by atoms with Crippen molar-refractivity contribution < 1.29 is 0 Å². The zero-order chi connectivity index (χ0) is 9.38. The van der Waals surface area contributed by atoms with Gasteiger partial charge in [0.05, 0.1) is 6.20 Å². The van der Waals surface area contributed by atoms with E-state index in [0.717, 1.165) is 18.5 Å². The summed E-state index contributed by atoms with van der Waals surface area (Å²) in [7, 11) is 0. The Hall–Kier alpha value is -1.38. The molecular weight excluding hydrogens is 174 g/mol. The lowest BCUT2D eigenvalue weighted by Gasteiger charge is -2.04. The van der Waals surface area contributed by atoms with E-state index >= 15 is 0 Å². The van der Waals surface area contributed by atoms with Crippen LogP contribution in [0.15, 0.2) is 18.5 Å². The number of hydrogen-bond donors (Lipinski definition) is 0. The SMILES string of the molecule is c1cc2nc3c(cn2n1)CCCCC3. The second kappa shape index (κ2) is 3.08. The van der Waals surface area contributed by atoms with Gasteiger partial charge in [-0.1, -0.05) is 6.42 Å². The Morgan fingerprint density at radius 2 is 2.07 bits per heavy atom. The predicted molar refractivity (Wildman–Crippen MR) is 54.2 cm³/mol. The first-order valence-electron chi connectivity index (χ1n) is 5.26. The van der Waals surface area contributed by atoms with E-state index in [1.165, 1.54) is 30.5 Å². The summed E-state index contributed by atoms with van der Waals surface area (Å²) in [5.74, 6) is 0. The zero-order valence-electron chi connectivity index (χ0n) is 8.11. The summed E-state index contributed by atoms with van der Waals surface area (Å²) in [6.45, 7) is 0. The largest absolute Gasteiger partial charge is 0.233 e. The van der Waals surface area contributed by atoms with Crippen molar-refractivity contribution in [3.8, 4) is 0 Å². The molecule has 0 amide bonds. The molecule has 0 fully saturated rings. The molecule has 0 radical (unpaired) electrons. The fourth-order valence-corrected chi connectivity index (χ4v) is 2.14. The fourth-order valence-electron chi connectivity index (χ4n) is 2.14. The van der Waals surface area contributed by atoms with Gasteiger partial charge in [0, 0.05) is 18.0 Å². The minimum absolute atomic E-state index is 0.977. The second-order valence-electron chi connectivity index (χ2n) is 3.91. The first-order valence-corrected chi connectivity index (χ1v) is 5.26. The highest BCUT2D eigenvalue weighted by atomic mass is 15.2. The molecule has 1 aliphatic rings. The molecule has 2 heterocycles. The van der Waals surface area contributed by atoms with Crippen LogP contribution in [0.4, 0.5) is 0 Å². The number of aromatic nitrogens is 3. The van der Waals surface area contributed by atoms with Crippen molar-refractivity contribution >= 4 is 5.65 Å². The number of rotatable bonds is 0. The fraction of sp³-hybridized carbons (Fsp3) is 0.455. The van der Waals surface area contributed by atoms with Crippen LogP contribution in [0.2, 0.25) is 0 Å². The quantitative estimate of drug-likeness (QED) is 0.590. The van der Waals surface area contributed by atoms with E-state index in [1.54, 1.807) is 0 Å². The normalized spacial score (nSPS) is 16.6. The van der Waals surface area contributed by atoms with Crippen LogP contribution in [-0.4, -0.2) is 14.6 Å². The van der Waals surface area contributed by atoms with Gasteiger partial charge in [-0.05, 0) is 31.2 Å². The summed E-state index contributed by atoms with van der Waals surface area (Å²) in [5.41, 5.74) is 3.65. The molecule has 0 unspecified atom stereocenters. The van der Waals surface area contributed by atoms with E-state index in [0.29, 0.717) is 0 Å². The topological polar surface area (TPSA) is 30.2 Å². The van der Waals surface area contributed by atoms with Crippen LogP contribution in [0.3, 0.4) is 0 Å². The van der Waals surface area contributed by atoms with Gasteiger partial charge in [0.15, 0.2) is 5.65 Å². The standard InChI is InChI=1S/C11H13N3/c1-2-4-9-8-14-11(6-7-12-14)13-10(9)5-3-1/h6-8H,1-5H2. The van der Waals surface area contributed by atoms with E-state index in [9.17, 15) is 0 Å². The number of nitrogens with zero attached hydrogens (tertiary/aromatic N) is 3. The molecule has 72 valence electrons. The molecule has 3 rings (SSSR count). The van der Waals surface area contributed by atoms with Gasteiger partial charge in [-0.25, -0.2) is 9.50 Å². The van der Waals surface area contributed by atoms with E-state index in [-0.39, 0.29) is 0 Å². The molecular formula is C11H13N3. The Labute approximate surface area is 82.8 Å². The van der Waals surface area contributed by atoms with E-state index in [2.05, 4.69) is 16.3 Å². The molecule has 0 N–H and O–H groups in total. The molecule has 0 aromatic carbocycles. The van der Waals surface area contributed by atoms with Gasteiger partial charge in [0.2, 0.25) is 0 Å². The van der Waals surface area contributed by atoms with Gasteiger partial charge in [0.25, 0.3) is 0 Å². The molecule has 0 aliphatic heterocycles. The summed E-state index contributed by atoms with van der Waals surface area (Å²) < 4.78 is 1.88. The molecule has 3 nitrogen and oxygen atoms in total. The van der Waals surface area contributed by atoms with Crippen LogP contribution in [-0.2, 0) is 12.8 Å². The third kappa shape index (κ3) is 1.20. The maximum absolute atomic E-state index is 4.64. The average Bonchev–Trinajstić information content (AvgIpc) is 2.51. The molecule has 0 saturated heterocycles. The Balaban J connectivity index is 2.19. The highest BCUT2D eigenvalue weighted by Gasteiger charge is 2.10. The Morgan fingerprint density at radius 3 is 3.07 bits per heavy atom. The highest BCUT2D eigenvalue weighted by molar-refractivity contribution is 5.39. The molecule has 2 aromatic heterocycles. The van der Waals surface area contributed by atoms with Gasteiger partial charge in [-0.3, -0.25) is 0 Å². The number of aryl methyl sites for hydroxylation is 2. The summed E-state index contributed by atoms with van der Waals surface area (Å²) in [6, 6.07) is 1.96. The van der Waals surface area contributed by atoms with E-state index in [1.807, 2.05) is 16.8 Å². The first kappa shape index (κ1) is 7.97. The molecule has 0 atom stereocenters. The van der Waals surface area contributed by atoms with Gasteiger partial charge in [-0.2, -0.15) is 5.10 Å². The average molecular weight is 187 g/mol. The minimum Gasteiger partial charge on any atom is -0.233 e. The summed E-state index contributed by atoms with van der Waals surface area (Å²) >= 11 is 0. The van der Waals surface area contributed by atoms with Crippen molar-refractivity contribution in [3.63, 3.8) is 0 Å². The van der Waals surface area contributed by atoms with Crippen LogP contribution in [0, 0.1) is 0 Å². The zero-order valence-corrected chi connectivity index (χ0v) is 8.11. The smallest absolute Gasteiger partial charge is 0.155 e. The maximum Gasteiger partial charge on any atom is 0.155 e. The second-order valence-corrected chi connectivity index (χ2v) is 3.91. The van der Waals surface area contributed by atoms with Crippen LogP contribution in [0.5, 0.6) is 0 Å². The summed E-state index contributed by atoms with van der Waals surface area (Å²) in [5, 5.41) is 4.21. The third-order valence-electron chi connectivity index (χ3n) is 2.91. The van der Waals surface area contributed by atoms with E-state index < -0.39 is 0 Å². The molecule has 3 heteroatoms. The maximum atomic E-state index is 4.64. The molecule has 0 saturated carbocycles. The molecule has 2 aromatic rings. The van der Waals surface area contributed by atoms with Gasteiger partial charge < -0.3 is 0 Å². The van der Waals surface area contributed by atoms with Crippen molar-refractivity contribution in [2.75, 3.05) is 0 Å². The lowest BCUT2D eigenvalue weighted by Crippen LogP contribution is -2.00. The lowest BCUT2D eigenvalue weighted by atomic mass is 10.1. The van der Waals surface area contributed by atoms with Gasteiger partial charge in [-0.15, -0.1) is 0 Å². The van der Waals surface area contributed by atoms with Crippen molar-refractivity contribution in [1.82, 2.24) is 14.6 Å². The monoisotopic (exact) mass is 187 g/mol. The van der Waals surface area contributed by atoms with Crippen molar-refractivity contribution in [2.45, 2.75) is 32.1 Å². The van der Waals surface area contributed by atoms with Crippen LogP contribution in [0.1, 0.15) is 30.5 Å². The molecule has 14 heavy (non-hydrogen) atoms. The van der Waals surface area contributed by atoms with Crippen LogP contribution in [0.25, 0.3) is 5.65 Å². The number of hydrogen-bond acceptors (Lipinski definition) is 2. The molecule has 0 bridgehead atoms. The van der Waals surface area contributed by atoms with Crippen LogP contribution >= 0.6 is 0 Å². The van der Waals surface area contributed by atoms with Gasteiger partial charge >= 0.3 is 0 Å². The lowest BCUT2D eigenvalue weighted by molar-refractivity contribution is 0.709. The molecule has 0 spiro atoms. The highest BCUT2D eigenvalue weighted by Crippen LogP contribution is 2.19. The first-order chi connectivity index (χ1) is 6.93. The van der Waals surface area contributed by atoms with Crippen LogP contribution < -0.4 is 0 Å². The Kier molecular flexibility index (Phi) is 1.76. The summed E-state index contributed by atoms with van der Waals surface area (Å²) in [6.07, 6.45) is 10.2.